The third kappa shape index (κ3) is 6.95. The molecule has 166 valence electrons. The number of benzene rings is 2. The number of hydrogen-bond donors (Lipinski definition) is 1. The summed E-state index contributed by atoms with van der Waals surface area (Å²) < 4.78 is 36.4. The average Bonchev–Trinajstić information content (AvgIpc) is 2.68. The molecule has 0 aromatic heterocycles. The minimum absolute atomic E-state index is 0.308. The van der Waals surface area contributed by atoms with Crippen LogP contribution in [0.5, 0.6) is 5.75 Å². The van der Waals surface area contributed by atoms with Crippen molar-refractivity contribution in [3.8, 4) is 5.75 Å². The molecule has 0 fully saturated rings. The molecule has 0 amide bonds. The minimum Gasteiger partial charge on any atom is -0.598 e. The Hall–Kier alpha value is -1.12. The highest BCUT2D eigenvalue weighted by atomic mass is 79.9. The molecule has 0 heterocycles. The highest BCUT2D eigenvalue weighted by molar-refractivity contribution is 9.10. The lowest BCUT2D eigenvalue weighted by atomic mass is 9.89. The van der Waals surface area contributed by atoms with Gasteiger partial charge in [0.05, 0.1) is 12.6 Å². The normalized spacial score (nSPS) is 15.1. The van der Waals surface area contributed by atoms with Gasteiger partial charge in [-0.2, -0.15) is 0 Å². The molecule has 4 nitrogen and oxygen atoms in total. The van der Waals surface area contributed by atoms with Crippen LogP contribution < -0.4 is 9.46 Å². The number of halogens is 2. The molecule has 0 spiro atoms. The minimum atomic E-state index is -1.34. The van der Waals surface area contributed by atoms with E-state index in [0.717, 1.165) is 16.8 Å². The second-order valence-electron chi connectivity index (χ2n) is 8.78. The first-order valence-electron chi connectivity index (χ1n) is 9.91. The number of methoxy groups -OCH3 is 1. The number of hydrogen-bond acceptors (Lipinski definition) is 4. The Bertz CT molecular complexity index is 829. The first-order chi connectivity index (χ1) is 13.9. The largest absolute Gasteiger partial charge is 0.598 e. The van der Waals surface area contributed by atoms with Crippen LogP contribution in [0.15, 0.2) is 46.9 Å². The first-order valence-corrected chi connectivity index (χ1v) is 11.9. The Morgan fingerprint density at radius 3 is 2.33 bits per heavy atom. The van der Waals surface area contributed by atoms with Crippen LogP contribution in [0.25, 0.3) is 0 Å². The molecular weight excluding hydrogens is 467 g/mol. The van der Waals surface area contributed by atoms with E-state index in [1.54, 1.807) is 19.2 Å². The molecule has 30 heavy (non-hydrogen) atoms. The van der Waals surface area contributed by atoms with E-state index >= 15 is 0 Å². The lowest BCUT2D eigenvalue weighted by molar-refractivity contribution is 0.267. The molecule has 2 aromatic rings. The van der Waals surface area contributed by atoms with Gasteiger partial charge in [-0.15, -0.1) is 4.72 Å². The van der Waals surface area contributed by atoms with Gasteiger partial charge in [-0.25, -0.2) is 4.39 Å². The maximum Gasteiger partial charge on any atom is 0.136 e. The summed E-state index contributed by atoms with van der Waals surface area (Å²) in [6.45, 7) is 9.09. The van der Waals surface area contributed by atoms with E-state index in [9.17, 15) is 8.94 Å². The summed E-state index contributed by atoms with van der Waals surface area (Å²) in [6, 6.07) is 12.9. The summed E-state index contributed by atoms with van der Waals surface area (Å²) >= 11 is 2.10. The van der Waals surface area contributed by atoms with E-state index in [-0.39, 0.29) is 5.82 Å². The SMILES string of the molecule is COc1ccc(CN(C)CC[C@](C)(N[S+]([O-])C(C)(C)C)c2cc(Br)ccc2F)cc1. The van der Waals surface area contributed by atoms with Crippen LogP contribution in [0.2, 0.25) is 0 Å². The lowest BCUT2D eigenvalue weighted by Crippen LogP contribution is -2.51. The van der Waals surface area contributed by atoms with Crippen LogP contribution in [-0.4, -0.2) is 34.9 Å². The zero-order valence-electron chi connectivity index (χ0n) is 18.6. The van der Waals surface area contributed by atoms with E-state index in [2.05, 4.69) is 25.6 Å². The number of ether oxygens (including phenoxy) is 1. The summed E-state index contributed by atoms with van der Waals surface area (Å²) in [5.41, 5.74) is 0.882. The molecule has 0 aliphatic heterocycles. The average molecular weight is 499 g/mol. The quantitative estimate of drug-likeness (QED) is 0.471. The van der Waals surface area contributed by atoms with E-state index in [4.69, 9.17) is 4.74 Å². The predicted molar refractivity (Wildman–Crippen MR) is 126 cm³/mol. The Kier molecular flexibility index (Phi) is 8.77. The molecule has 2 atom stereocenters. The number of rotatable bonds is 9. The molecule has 0 bridgehead atoms. The van der Waals surface area contributed by atoms with E-state index in [0.29, 0.717) is 18.5 Å². The van der Waals surface area contributed by atoms with Crippen molar-refractivity contribution < 1.29 is 13.7 Å². The summed E-state index contributed by atoms with van der Waals surface area (Å²) in [4.78, 5) is 2.18. The monoisotopic (exact) mass is 498 g/mol. The summed E-state index contributed by atoms with van der Waals surface area (Å²) in [7, 11) is 3.68. The van der Waals surface area contributed by atoms with Gasteiger partial charge < -0.3 is 14.2 Å². The molecule has 2 rings (SSSR count). The Morgan fingerprint density at radius 2 is 1.77 bits per heavy atom. The Morgan fingerprint density at radius 1 is 1.13 bits per heavy atom. The Balaban J connectivity index is 2.18. The van der Waals surface area contributed by atoms with E-state index in [1.807, 2.05) is 59.0 Å². The van der Waals surface area contributed by atoms with Crippen molar-refractivity contribution in [2.75, 3.05) is 20.7 Å². The molecule has 2 aromatic carbocycles. The smallest absolute Gasteiger partial charge is 0.136 e. The fourth-order valence-corrected chi connectivity index (χ4v) is 4.34. The van der Waals surface area contributed by atoms with E-state index in [1.165, 1.54) is 11.6 Å². The van der Waals surface area contributed by atoms with Crippen molar-refractivity contribution in [2.24, 2.45) is 0 Å². The van der Waals surface area contributed by atoms with Crippen molar-refractivity contribution in [1.29, 1.82) is 0 Å². The summed E-state index contributed by atoms with van der Waals surface area (Å²) in [5, 5.41) is 0. The van der Waals surface area contributed by atoms with Crippen molar-refractivity contribution in [2.45, 2.75) is 50.9 Å². The first kappa shape index (κ1) is 25.1. The maximum atomic E-state index is 14.8. The van der Waals surface area contributed by atoms with Crippen LogP contribution in [0.4, 0.5) is 4.39 Å². The van der Waals surface area contributed by atoms with Gasteiger partial charge in [0, 0.05) is 34.5 Å². The zero-order valence-corrected chi connectivity index (χ0v) is 21.0. The third-order valence-electron chi connectivity index (χ3n) is 5.00. The van der Waals surface area contributed by atoms with Crippen molar-refractivity contribution in [1.82, 2.24) is 9.62 Å². The number of nitrogens with one attached hydrogen (secondary N) is 1. The van der Waals surface area contributed by atoms with Crippen molar-refractivity contribution in [3.63, 3.8) is 0 Å². The van der Waals surface area contributed by atoms with Gasteiger partial charge in [-0.1, -0.05) is 28.1 Å². The molecule has 0 aliphatic rings. The molecule has 0 saturated heterocycles. The van der Waals surface area contributed by atoms with Crippen molar-refractivity contribution >= 4 is 27.3 Å². The molecule has 1 N–H and O–H groups in total. The maximum absolute atomic E-state index is 14.8. The van der Waals surface area contributed by atoms with Crippen LogP contribution in [0.1, 0.15) is 45.2 Å². The van der Waals surface area contributed by atoms with Gasteiger partial charge in [0.25, 0.3) is 0 Å². The topological polar surface area (TPSA) is 47.6 Å². The molecule has 0 saturated carbocycles. The van der Waals surface area contributed by atoms with Crippen LogP contribution in [-0.2, 0) is 23.4 Å². The van der Waals surface area contributed by atoms with Gasteiger partial charge in [0.2, 0.25) is 0 Å². The fraction of sp³-hybridized carbons (Fsp3) is 0.478. The highest BCUT2D eigenvalue weighted by Crippen LogP contribution is 2.32. The molecule has 0 aliphatic carbocycles. The van der Waals surface area contributed by atoms with Crippen LogP contribution in [0.3, 0.4) is 0 Å². The summed E-state index contributed by atoms with van der Waals surface area (Å²) in [6.07, 6.45) is 0.592. The lowest BCUT2D eigenvalue weighted by Gasteiger charge is -2.36. The second kappa shape index (κ2) is 10.5. The van der Waals surface area contributed by atoms with Gasteiger partial charge in [-0.05, 0) is 77.1 Å². The zero-order chi connectivity index (χ0) is 22.5. The van der Waals surface area contributed by atoms with Crippen molar-refractivity contribution in [3.05, 3.63) is 63.9 Å². The molecule has 0 radical (unpaired) electrons. The number of nitrogens with zero attached hydrogens (tertiary/aromatic N) is 1. The molecule has 7 heteroatoms. The third-order valence-corrected chi connectivity index (χ3v) is 7.24. The molecular formula is C23H32BrFN2O2S. The van der Waals surface area contributed by atoms with Gasteiger partial charge in [0.15, 0.2) is 0 Å². The molecule has 1 unspecified atom stereocenters. The second-order valence-corrected chi connectivity index (χ2v) is 11.7. The highest BCUT2D eigenvalue weighted by Gasteiger charge is 2.38. The van der Waals surface area contributed by atoms with Crippen LogP contribution in [0, 0.1) is 5.82 Å². The predicted octanol–water partition coefficient (Wildman–Crippen LogP) is 5.39. The van der Waals surface area contributed by atoms with Gasteiger partial charge >= 0.3 is 0 Å². The summed E-state index contributed by atoms with van der Waals surface area (Å²) in [5.74, 6) is 0.518. The Labute approximate surface area is 191 Å². The fourth-order valence-electron chi connectivity index (χ4n) is 3.05. The van der Waals surface area contributed by atoms with Gasteiger partial charge in [0.1, 0.15) is 16.3 Å². The van der Waals surface area contributed by atoms with E-state index < -0.39 is 21.6 Å². The van der Waals surface area contributed by atoms with Crippen LogP contribution >= 0.6 is 15.9 Å². The standard InChI is InChI=1S/C23H32BrFN2O2S/c1-22(2,3)30(28)26-23(4,20-15-18(24)9-12-21(20)25)13-14-27(5)16-17-7-10-19(29-6)11-8-17/h7-12,15,26H,13-14,16H2,1-6H3/t23-,30?/m0/s1. The van der Waals surface area contributed by atoms with Gasteiger partial charge in [-0.3, -0.25) is 0 Å².